The molecule has 0 bridgehead atoms. The number of nitrogens with one attached hydrogen (secondary N) is 6. The third kappa shape index (κ3) is 15.1. The van der Waals surface area contributed by atoms with Gasteiger partial charge in [0.25, 0.3) is 0 Å². The van der Waals surface area contributed by atoms with Gasteiger partial charge in [-0.3, -0.25) is 0 Å². The molecule has 6 amide bonds. The second-order valence-corrected chi connectivity index (χ2v) is 23.2. The number of rotatable bonds is 12. The lowest BCUT2D eigenvalue weighted by atomic mass is 10.1. The van der Waals surface area contributed by atoms with Crippen molar-refractivity contribution in [2.75, 3.05) is 49.1 Å². The van der Waals surface area contributed by atoms with Crippen molar-refractivity contribution in [1.82, 2.24) is 59.2 Å². The van der Waals surface area contributed by atoms with Crippen LogP contribution in [0.1, 0.15) is 81.9 Å². The van der Waals surface area contributed by atoms with E-state index in [9.17, 15) is 45.1 Å². The maximum absolute atomic E-state index is 14.9. The minimum atomic E-state index is -4.57. The number of hydrogen-bond acceptors (Lipinski definition) is 15. The van der Waals surface area contributed by atoms with Crippen LogP contribution in [0.4, 0.5) is 96.7 Å². The molecule has 0 fully saturated rings. The highest BCUT2D eigenvalue weighted by Crippen LogP contribution is 2.38. The molecule has 12 aromatic rings. The van der Waals surface area contributed by atoms with E-state index in [1.807, 2.05) is 66.7 Å². The van der Waals surface area contributed by atoms with Crippen molar-refractivity contribution in [3.05, 3.63) is 180 Å². The van der Waals surface area contributed by atoms with Gasteiger partial charge < -0.3 is 49.1 Å². The topological polar surface area (TPSA) is 332 Å². The number of nitrogens with two attached hydrogens (primary N) is 3. The van der Waals surface area contributed by atoms with E-state index in [-0.39, 0.29) is 69.6 Å². The molecule has 6 heterocycles. The number of fused-ring (bicyclic) bond motifs is 3. The molecule has 0 unspecified atom stereocenters. The molecule has 0 spiro atoms. The van der Waals surface area contributed by atoms with Crippen molar-refractivity contribution in [3.8, 4) is 33.8 Å². The van der Waals surface area contributed by atoms with E-state index in [4.69, 9.17) is 17.2 Å². The molecule has 12 N–H and O–H groups in total. The zero-order valence-corrected chi connectivity index (χ0v) is 53.9. The van der Waals surface area contributed by atoms with E-state index >= 15 is 0 Å². The monoisotopic (exact) mass is 1340 g/mol. The Kier molecular flexibility index (Phi) is 19.8. The highest BCUT2D eigenvalue weighted by Gasteiger charge is 2.33. The normalized spacial score (nSPS) is 11.4. The molecule has 0 aliphatic heterocycles. The lowest BCUT2D eigenvalue weighted by molar-refractivity contribution is -0.138. The molecule has 98 heavy (non-hydrogen) atoms. The quantitative estimate of drug-likeness (QED) is 0.0513. The fraction of sp³-hybridized carbons (Fsp3) is 0.194. The molecule has 6 aromatic heterocycles. The number of carbonyl (C=O) groups excluding carboxylic acids is 3. The predicted molar refractivity (Wildman–Crippen MR) is 363 cm³/mol. The number of aromatic nitrogens is 12. The highest BCUT2D eigenvalue weighted by molar-refractivity contribution is 6.04. The zero-order valence-electron chi connectivity index (χ0n) is 53.9. The van der Waals surface area contributed by atoms with Crippen LogP contribution in [-0.4, -0.2) is 77.3 Å². The Balaban J connectivity index is 0.000000160. The number of hydrogen-bond donors (Lipinski definition) is 9. The summed E-state index contributed by atoms with van der Waals surface area (Å²) in [7, 11) is 0. The number of aryl methyl sites for hydroxylation is 3. The Hall–Kier alpha value is -12.3. The van der Waals surface area contributed by atoms with E-state index in [1.165, 1.54) is 92.6 Å². The Morgan fingerprint density at radius 1 is 0.408 bits per heavy atom. The Morgan fingerprint density at radius 3 is 1.14 bits per heavy atom. The molecule has 0 radical (unpaired) electrons. The number of amides is 6. The van der Waals surface area contributed by atoms with Crippen LogP contribution >= 0.6 is 0 Å². The number of benzene rings is 6. The lowest BCUT2D eigenvalue weighted by Gasteiger charge is -2.13. The number of carbonyl (C=O) groups is 3. The Labute approximate surface area is 554 Å². The van der Waals surface area contributed by atoms with Gasteiger partial charge in [0.2, 0.25) is 0 Å². The minimum Gasteiger partial charge on any atom is -0.383 e. The SMILES string of the molecule is Cc1ccc(F)c(NC(=O)Nc2ccc(-c3nn(C(C)C)c4ncnc(N)c34)cc2F)c1.Cc1ccc(NC(=O)Nc2ccc(-c3nn(C(C)C)c4ncnc(N)c34)cc2F)cc1C(F)(F)F.Cc1cccc(NC(=O)Nc2ccc(-c3nn(C(C)C)c4ncnc(N)c34)cc2F)c1. The van der Waals surface area contributed by atoms with Gasteiger partial charge >= 0.3 is 24.3 Å². The van der Waals surface area contributed by atoms with Crippen molar-refractivity contribution >= 4 is 103 Å². The van der Waals surface area contributed by atoms with Gasteiger partial charge in [0.1, 0.15) is 76.8 Å². The largest absolute Gasteiger partial charge is 0.416 e. The standard InChI is InChI=1S/C23H21F4N7O.C22H21F2N7O.C22H22FN7O/c1-11(2)34-21-18(20(28)29-10-30-21)19(33-34)13-5-7-17(16(24)8-13)32-22(35)31-14-6-4-12(3)15(9-14)23(25,26)27;1-11(2)31-21-18(20(25)26-10-27-21)19(30-31)13-5-7-16(15(24)9-13)28-22(32)29-17-8-12(3)4-6-14(17)23;1-12(2)30-21-18(20(24)25-11-26-21)19(29-30)14-7-8-17(16(23)10-14)28-22(31)27-15-6-4-5-13(3)9-15/h4-11H,1-3H3,(H2,28,29,30)(H2,31,32,35);4-11H,1-3H3,(H2,25,26,27)(H2,28,29,32);4-12H,1-3H3,(H2,24,25,26)(H2,27,28,31). The van der Waals surface area contributed by atoms with Crippen LogP contribution < -0.4 is 49.1 Å². The van der Waals surface area contributed by atoms with Crippen LogP contribution in [0.5, 0.6) is 0 Å². The van der Waals surface area contributed by atoms with Gasteiger partial charge in [-0.05, 0) is 152 Å². The molecule has 0 saturated heterocycles. The average Bonchev–Trinajstić information content (AvgIpc) is 1.62. The Morgan fingerprint density at radius 2 is 0.776 bits per heavy atom. The molecule has 24 nitrogen and oxygen atoms in total. The third-order valence-electron chi connectivity index (χ3n) is 14.9. The molecule has 0 aliphatic carbocycles. The van der Waals surface area contributed by atoms with E-state index in [0.29, 0.717) is 72.6 Å². The van der Waals surface area contributed by atoms with Gasteiger partial charge in [-0.1, -0.05) is 42.5 Å². The summed E-state index contributed by atoms with van der Waals surface area (Å²) in [5, 5.41) is 29.8. The maximum Gasteiger partial charge on any atom is 0.416 e. The molecular formula is C67H64F7N21O3. The van der Waals surface area contributed by atoms with Crippen molar-refractivity contribution in [2.45, 2.75) is 86.6 Å². The first-order chi connectivity index (χ1) is 46.5. The molecular weight excluding hydrogens is 1280 g/mol. The van der Waals surface area contributed by atoms with Crippen LogP contribution in [0.3, 0.4) is 0 Å². The van der Waals surface area contributed by atoms with Gasteiger partial charge in [-0.25, -0.2) is 75.9 Å². The smallest absolute Gasteiger partial charge is 0.383 e. The van der Waals surface area contributed by atoms with Crippen molar-refractivity contribution in [1.29, 1.82) is 0 Å². The van der Waals surface area contributed by atoms with Crippen molar-refractivity contribution in [2.24, 2.45) is 0 Å². The van der Waals surface area contributed by atoms with Crippen LogP contribution in [0, 0.1) is 44.0 Å². The minimum absolute atomic E-state index is 0.000647. The molecule has 6 aromatic carbocycles. The molecule has 504 valence electrons. The number of nitrogens with zero attached hydrogens (tertiary/aromatic N) is 12. The van der Waals surface area contributed by atoms with Crippen molar-refractivity contribution in [3.63, 3.8) is 0 Å². The summed E-state index contributed by atoms with van der Waals surface area (Å²) >= 11 is 0. The summed E-state index contributed by atoms with van der Waals surface area (Å²) in [6, 6.07) is 25.5. The molecule has 0 aliphatic rings. The predicted octanol–water partition coefficient (Wildman–Crippen LogP) is 15.4. The zero-order chi connectivity index (χ0) is 70.6. The van der Waals surface area contributed by atoms with Crippen LogP contribution in [0.15, 0.2) is 134 Å². The first-order valence-corrected chi connectivity index (χ1v) is 30.1. The van der Waals surface area contributed by atoms with E-state index < -0.39 is 53.1 Å². The van der Waals surface area contributed by atoms with Crippen LogP contribution in [0.25, 0.3) is 66.9 Å². The third-order valence-corrected chi connectivity index (χ3v) is 14.9. The van der Waals surface area contributed by atoms with Gasteiger partial charge in [0.15, 0.2) is 16.9 Å². The second-order valence-electron chi connectivity index (χ2n) is 23.2. The maximum atomic E-state index is 14.9. The first-order valence-electron chi connectivity index (χ1n) is 30.1. The highest BCUT2D eigenvalue weighted by atomic mass is 19.4. The summed E-state index contributed by atoms with van der Waals surface area (Å²) in [6.45, 7) is 16.6. The summed E-state index contributed by atoms with van der Waals surface area (Å²) < 4.78 is 103. The van der Waals surface area contributed by atoms with Gasteiger partial charge in [0, 0.05) is 46.2 Å². The van der Waals surface area contributed by atoms with E-state index in [0.717, 1.165) is 17.2 Å². The van der Waals surface area contributed by atoms with Gasteiger partial charge in [-0.2, -0.15) is 28.5 Å². The van der Waals surface area contributed by atoms with Crippen LogP contribution in [0.2, 0.25) is 0 Å². The Bertz CT molecular complexity index is 5030. The number of anilines is 9. The number of nitrogen functional groups attached to an aromatic ring is 3. The lowest BCUT2D eigenvalue weighted by Crippen LogP contribution is -2.20. The molecule has 0 atom stereocenters. The number of alkyl halides is 3. The van der Waals surface area contributed by atoms with Crippen LogP contribution in [-0.2, 0) is 6.18 Å². The molecule has 12 rings (SSSR count). The van der Waals surface area contributed by atoms with Gasteiger partial charge in [0.05, 0.1) is 44.5 Å². The number of halogens is 7. The van der Waals surface area contributed by atoms with Crippen molar-refractivity contribution < 1.29 is 45.1 Å². The first kappa shape index (κ1) is 68.5. The summed E-state index contributed by atoms with van der Waals surface area (Å²) in [5.41, 5.74) is 23.6. The summed E-state index contributed by atoms with van der Waals surface area (Å²) in [5.74, 6) is -1.96. The van der Waals surface area contributed by atoms with E-state index in [1.54, 1.807) is 45.2 Å². The molecule has 0 saturated carbocycles. The average molecular weight is 1340 g/mol. The summed E-state index contributed by atoms with van der Waals surface area (Å²) in [6.07, 6.45) is -0.519. The fourth-order valence-electron chi connectivity index (χ4n) is 10.3. The summed E-state index contributed by atoms with van der Waals surface area (Å²) in [4.78, 5) is 61.7. The second kappa shape index (κ2) is 28.3. The number of urea groups is 3. The van der Waals surface area contributed by atoms with E-state index in [2.05, 4.69) is 77.1 Å². The molecule has 31 heteroatoms. The van der Waals surface area contributed by atoms with Gasteiger partial charge in [-0.15, -0.1) is 0 Å². The fourth-order valence-corrected chi connectivity index (χ4v) is 10.3.